The molecule has 98 valence electrons. The number of methoxy groups -OCH3 is 1. The number of hydrogen-bond donors (Lipinski definition) is 2. The summed E-state index contributed by atoms with van der Waals surface area (Å²) in [4.78, 5) is 0. The molecule has 1 rings (SSSR count). The molecule has 3 N–H and O–H groups in total. The molecule has 7 heteroatoms. The molecule has 3 nitrogen and oxygen atoms in total. The monoisotopic (exact) mass is 271 g/mol. The van der Waals surface area contributed by atoms with Gasteiger partial charge in [0.15, 0.2) is 0 Å². The summed E-state index contributed by atoms with van der Waals surface area (Å²) in [6, 6.07) is 2.23. The van der Waals surface area contributed by atoms with Crippen LogP contribution in [0.5, 0.6) is 5.75 Å². The zero-order chi connectivity index (χ0) is 12.3. The van der Waals surface area contributed by atoms with Crippen molar-refractivity contribution in [2.45, 2.75) is 12.2 Å². The third-order valence-corrected chi connectivity index (χ3v) is 2.16. The normalized spacial score (nSPS) is 12.8. The number of ether oxygens (including phenoxy) is 1. The fourth-order valence-electron chi connectivity index (χ4n) is 1.29. The molecule has 1 aromatic carbocycles. The molecule has 0 heterocycles. The third-order valence-electron chi connectivity index (χ3n) is 2.16. The van der Waals surface area contributed by atoms with E-state index in [1.165, 1.54) is 13.2 Å². The van der Waals surface area contributed by atoms with Crippen molar-refractivity contribution in [3.63, 3.8) is 0 Å². The van der Waals surface area contributed by atoms with Crippen LogP contribution < -0.4 is 10.5 Å². The second-order valence-corrected chi connectivity index (χ2v) is 3.24. The van der Waals surface area contributed by atoms with E-state index in [1.54, 1.807) is 0 Å². The lowest BCUT2D eigenvalue weighted by atomic mass is 10.0. The smallest absolute Gasteiger partial charge is 0.416 e. The molecule has 0 aromatic heterocycles. The Kier molecular flexibility index (Phi) is 5.74. The van der Waals surface area contributed by atoms with Crippen molar-refractivity contribution in [2.75, 3.05) is 13.7 Å². The van der Waals surface area contributed by atoms with Crippen LogP contribution in [0.25, 0.3) is 0 Å². The maximum atomic E-state index is 12.4. The van der Waals surface area contributed by atoms with Crippen LogP contribution in [-0.2, 0) is 6.18 Å². The lowest BCUT2D eigenvalue weighted by molar-refractivity contribution is -0.137. The fourth-order valence-corrected chi connectivity index (χ4v) is 1.29. The van der Waals surface area contributed by atoms with Gasteiger partial charge < -0.3 is 15.6 Å². The minimum absolute atomic E-state index is 0. The van der Waals surface area contributed by atoms with E-state index in [9.17, 15) is 13.2 Å². The molecule has 0 saturated carbocycles. The van der Waals surface area contributed by atoms with Crippen LogP contribution in [0.1, 0.15) is 17.2 Å². The molecule has 0 amide bonds. The maximum absolute atomic E-state index is 12.4. The molecule has 0 aliphatic carbocycles. The average molecular weight is 272 g/mol. The molecule has 0 aliphatic rings. The van der Waals surface area contributed by atoms with E-state index < -0.39 is 17.8 Å². The molecule has 0 bridgehead atoms. The van der Waals surface area contributed by atoms with E-state index in [1.807, 2.05) is 0 Å². The number of nitrogens with two attached hydrogens (primary N) is 1. The van der Waals surface area contributed by atoms with Crippen LogP contribution >= 0.6 is 12.4 Å². The Bertz CT molecular complexity index is 371. The van der Waals surface area contributed by atoms with Crippen molar-refractivity contribution in [3.05, 3.63) is 29.3 Å². The van der Waals surface area contributed by atoms with E-state index in [2.05, 4.69) is 0 Å². The van der Waals surface area contributed by atoms with Crippen LogP contribution in [0.3, 0.4) is 0 Å². The first-order valence-corrected chi connectivity index (χ1v) is 4.51. The fraction of sp³-hybridized carbons (Fsp3) is 0.400. The van der Waals surface area contributed by atoms with Crippen molar-refractivity contribution in [1.29, 1.82) is 0 Å². The van der Waals surface area contributed by atoms with Crippen LogP contribution in [0.15, 0.2) is 18.2 Å². The predicted molar refractivity (Wildman–Crippen MR) is 59.3 cm³/mol. The van der Waals surface area contributed by atoms with Crippen LogP contribution in [0.2, 0.25) is 0 Å². The topological polar surface area (TPSA) is 55.5 Å². The summed E-state index contributed by atoms with van der Waals surface area (Å²) in [6.45, 7) is -0.359. The quantitative estimate of drug-likeness (QED) is 0.885. The van der Waals surface area contributed by atoms with Gasteiger partial charge >= 0.3 is 6.18 Å². The summed E-state index contributed by atoms with van der Waals surface area (Å²) >= 11 is 0. The second-order valence-electron chi connectivity index (χ2n) is 3.24. The number of benzene rings is 1. The zero-order valence-corrected chi connectivity index (χ0v) is 9.81. The summed E-state index contributed by atoms with van der Waals surface area (Å²) in [6.07, 6.45) is -4.42. The molecule has 0 fully saturated rings. The molecule has 1 aromatic rings. The van der Waals surface area contributed by atoms with Crippen molar-refractivity contribution >= 4 is 12.4 Å². The number of aliphatic hydroxyl groups excluding tert-OH is 1. The molecular weight excluding hydrogens is 259 g/mol. The van der Waals surface area contributed by atoms with Gasteiger partial charge in [-0.15, -0.1) is 12.4 Å². The minimum atomic E-state index is -4.42. The van der Waals surface area contributed by atoms with Gasteiger partial charge in [0, 0.05) is 5.56 Å². The molecule has 1 atom stereocenters. The minimum Gasteiger partial charge on any atom is -0.496 e. The van der Waals surface area contributed by atoms with Gasteiger partial charge in [-0.1, -0.05) is 6.07 Å². The van der Waals surface area contributed by atoms with Crippen LogP contribution in [0.4, 0.5) is 13.2 Å². The van der Waals surface area contributed by atoms with Gasteiger partial charge in [0.1, 0.15) is 5.75 Å². The molecule has 0 spiro atoms. The Morgan fingerprint density at radius 2 is 2.00 bits per heavy atom. The Balaban J connectivity index is 0.00000256. The number of hydrogen-bond acceptors (Lipinski definition) is 3. The molecule has 17 heavy (non-hydrogen) atoms. The zero-order valence-electron chi connectivity index (χ0n) is 8.99. The van der Waals surface area contributed by atoms with E-state index in [0.29, 0.717) is 5.56 Å². The van der Waals surface area contributed by atoms with Gasteiger partial charge in [-0.3, -0.25) is 0 Å². The van der Waals surface area contributed by atoms with Crippen LogP contribution in [-0.4, -0.2) is 18.8 Å². The highest BCUT2D eigenvalue weighted by atomic mass is 35.5. The number of aliphatic hydroxyl groups is 1. The third kappa shape index (κ3) is 3.76. The Morgan fingerprint density at radius 3 is 2.41 bits per heavy atom. The van der Waals surface area contributed by atoms with Crippen molar-refractivity contribution in [2.24, 2.45) is 5.73 Å². The van der Waals surface area contributed by atoms with Gasteiger partial charge in [0.2, 0.25) is 0 Å². The standard InChI is InChI=1S/C10H12F3NO2.ClH/c1-16-9-4-6(10(11,12)13)2-3-7(9)8(14)5-15;/h2-4,8,15H,5,14H2,1H3;1H/t8-;/m0./s1. The first kappa shape index (κ1) is 16.0. The largest absolute Gasteiger partial charge is 0.496 e. The highest BCUT2D eigenvalue weighted by Crippen LogP contribution is 2.34. The summed E-state index contributed by atoms with van der Waals surface area (Å²) in [5.41, 5.74) is 5.06. The molecule has 0 saturated heterocycles. The predicted octanol–water partition coefficient (Wildman–Crippen LogP) is 2.13. The molecular formula is C10H13ClF3NO2. The first-order valence-electron chi connectivity index (χ1n) is 4.51. The summed E-state index contributed by atoms with van der Waals surface area (Å²) < 4.78 is 42.0. The Morgan fingerprint density at radius 1 is 1.41 bits per heavy atom. The van der Waals surface area contributed by atoms with Gasteiger partial charge in [0.25, 0.3) is 0 Å². The van der Waals surface area contributed by atoms with E-state index in [0.717, 1.165) is 12.1 Å². The SMILES string of the molecule is COc1cc(C(F)(F)F)ccc1[C@@H](N)CO.Cl. The van der Waals surface area contributed by atoms with Gasteiger partial charge in [-0.2, -0.15) is 13.2 Å². The molecule has 0 unspecified atom stereocenters. The second kappa shape index (κ2) is 6.09. The number of halogens is 4. The van der Waals surface area contributed by atoms with Crippen molar-refractivity contribution in [1.82, 2.24) is 0 Å². The van der Waals surface area contributed by atoms with Gasteiger partial charge in [-0.05, 0) is 12.1 Å². The maximum Gasteiger partial charge on any atom is 0.416 e. The van der Waals surface area contributed by atoms with Crippen molar-refractivity contribution in [3.8, 4) is 5.75 Å². The number of rotatable bonds is 3. The van der Waals surface area contributed by atoms with E-state index in [4.69, 9.17) is 15.6 Å². The number of alkyl halides is 3. The average Bonchev–Trinajstić information content (AvgIpc) is 2.26. The lowest BCUT2D eigenvalue weighted by Gasteiger charge is -2.15. The summed E-state index contributed by atoms with van der Waals surface area (Å²) in [5.74, 6) is 0.0244. The highest BCUT2D eigenvalue weighted by Gasteiger charge is 2.31. The van der Waals surface area contributed by atoms with E-state index >= 15 is 0 Å². The van der Waals surface area contributed by atoms with Crippen molar-refractivity contribution < 1.29 is 23.0 Å². The lowest BCUT2D eigenvalue weighted by Crippen LogP contribution is -2.16. The molecule has 0 radical (unpaired) electrons. The van der Waals surface area contributed by atoms with Gasteiger partial charge in [-0.25, -0.2) is 0 Å². The molecule has 0 aliphatic heterocycles. The van der Waals surface area contributed by atoms with Gasteiger partial charge in [0.05, 0.1) is 25.3 Å². The Labute approximate surface area is 103 Å². The summed E-state index contributed by atoms with van der Waals surface area (Å²) in [5, 5.41) is 8.83. The summed E-state index contributed by atoms with van der Waals surface area (Å²) in [7, 11) is 1.25. The van der Waals surface area contributed by atoms with Crippen LogP contribution in [0, 0.1) is 0 Å². The highest BCUT2D eigenvalue weighted by molar-refractivity contribution is 5.85. The van der Waals surface area contributed by atoms with E-state index in [-0.39, 0.29) is 24.8 Å². The Hall–Kier alpha value is -0.980. The first-order chi connectivity index (χ1) is 7.40.